The Morgan fingerprint density at radius 2 is 1.28 bits per heavy atom. The van der Waals surface area contributed by atoms with Crippen molar-refractivity contribution in [3.05, 3.63) is 60.7 Å². The molecule has 5 atom stereocenters. The van der Waals surface area contributed by atoms with E-state index >= 15 is 0 Å². The van der Waals surface area contributed by atoms with Gasteiger partial charge >= 0.3 is 0 Å². The normalized spacial score (nSPS) is 28.3. The van der Waals surface area contributed by atoms with Crippen LogP contribution in [0.1, 0.15) is 20.8 Å². The van der Waals surface area contributed by atoms with Gasteiger partial charge in [0.25, 0.3) is 8.32 Å². The summed E-state index contributed by atoms with van der Waals surface area (Å²) in [6, 6.07) is 20.0. The van der Waals surface area contributed by atoms with Gasteiger partial charge in [0.2, 0.25) is 0 Å². The van der Waals surface area contributed by atoms with Crippen molar-refractivity contribution in [1.82, 2.24) is 0 Å². The second-order valence-electron chi connectivity index (χ2n) is 8.51. The SMILES string of the molecule is CC(C)(C)[Si](OC[C@H]1OC(O)[C@H](O)[C@@H](O)[C@@H]1O)(c1ccccc1)c1ccccc1. The Hall–Kier alpha value is -1.58. The molecule has 158 valence electrons. The zero-order valence-corrected chi connectivity index (χ0v) is 18.0. The summed E-state index contributed by atoms with van der Waals surface area (Å²) in [7, 11) is -2.84. The highest BCUT2D eigenvalue weighted by molar-refractivity contribution is 6.99. The smallest absolute Gasteiger partial charge is 0.261 e. The monoisotopic (exact) mass is 418 g/mol. The van der Waals surface area contributed by atoms with E-state index in [1.165, 1.54) is 0 Å². The predicted octanol–water partition coefficient (Wildman–Crippen LogP) is 0.363. The lowest BCUT2D eigenvalue weighted by atomic mass is 10.00. The topological polar surface area (TPSA) is 99.4 Å². The second-order valence-corrected chi connectivity index (χ2v) is 12.8. The van der Waals surface area contributed by atoms with Gasteiger partial charge in [0.05, 0.1) is 6.61 Å². The Kier molecular flexibility index (Phi) is 6.60. The second kappa shape index (κ2) is 8.65. The zero-order chi connectivity index (χ0) is 21.2. The molecule has 3 rings (SSSR count). The van der Waals surface area contributed by atoms with Crippen LogP contribution in [0.15, 0.2) is 60.7 Å². The number of hydrogen-bond donors (Lipinski definition) is 4. The number of aliphatic hydroxyl groups is 4. The number of rotatable bonds is 5. The molecule has 0 aromatic heterocycles. The highest BCUT2D eigenvalue weighted by atomic mass is 28.4. The summed E-state index contributed by atoms with van der Waals surface area (Å²) in [5, 5.41) is 41.9. The summed E-state index contributed by atoms with van der Waals surface area (Å²) < 4.78 is 12.0. The van der Waals surface area contributed by atoms with Gasteiger partial charge in [-0.05, 0) is 15.4 Å². The highest BCUT2D eigenvalue weighted by Crippen LogP contribution is 2.37. The van der Waals surface area contributed by atoms with Crippen LogP contribution < -0.4 is 10.4 Å². The molecular weight excluding hydrogens is 388 g/mol. The molecule has 0 radical (unpaired) electrons. The molecule has 0 bridgehead atoms. The average molecular weight is 419 g/mol. The quantitative estimate of drug-likeness (QED) is 0.524. The maximum absolute atomic E-state index is 10.4. The number of aliphatic hydroxyl groups excluding tert-OH is 4. The fourth-order valence-corrected chi connectivity index (χ4v) is 8.61. The van der Waals surface area contributed by atoms with Gasteiger partial charge in [-0.15, -0.1) is 0 Å². The lowest BCUT2D eigenvalue weighted by molar-refractivity contribution is -0.285. The van der Waals surface area contributed by atoms with Crippen LogP contribution in [0.2, 0.25) is 5.04 Å². The minimum Gasteiger partial charge on any atom is -0.405 e. The van der Waals surface area contributed by atoms with Crippen molar-refractivity contribution in [2.75, 3.05) is 6.61 Å². The van der Waals surface area contributed by atoms with E-state index in [-0.39, 0.29) is 11.6 Å². The van der Waals surface area contributed by atoms with Crippen molar-refractivity contribution in [2.45, 2.75) is 56.5 Å². The minimum atomic E-state index is -2.84. The molecule has 0 amide bonds. The molecule has 1 heterocycles. The fraction of sp³-hybridized carbons (Fsp3) is 0.455. The van der Waals surface area contributed by atoms with Crippen molar-refractivity contribution in [3.63, 3.8) is 0 Å². The molecule has 0 aliphatic carbocycles. The van der Waals surface area contributed by atoms with E-state index in [1.807, 2.05) is 36.4 Å². The van der Waals surface area contributed by atoms with Crippen LogP contribution in [0.5, 0.6) is 0 Å². The molecule has 6 nitrogen and oxygen atoms in total. The van der Waals surface area contributed by atoms with E-state index in [0.29, 0.717) is 0 Å². The molecule has 4 N–H and O–H groups in total. The summed E-state index contributed by atoms with van der Waals surface area (Å²) in [6.45, 7) is 6.36. The van der Waals surface area contributed by atoms with Crippen LogP contribution in [0.4, 0.5) is 0 Å². The first-order valence-corrected chi connectivity index (χ1v) is 11.7. The maximum atomic E-state index is 10.4. The summed E-state index contributed by atoms with van der Waals surface area (Å²) in [5.74, 6) is 0. The first-order valence-electron chi connectivity index (χ1n) is 9.81. The van der Waals surface area contributed by atoms with Gasteiger partial charge in [0, 0.05) is 0 Å². The van der Waals surface area contributed by atoms with Gasteiger partial charge in [-0.3, -0.25) is 0 Å². The Bertz CT molecular complexity index is 739. The lowest BCUT2D eigenvalue weighted by Gasteiger charge is -2.45. The number of ether oxygens (including phenoxy) is 1. The number of hydrogen-bond acceptors (Lipinski definition) is 6. The van der Waals surface area contributed by atoms with Crippen LogP contribution >= 0.6 is 0 Å². The first-order chi connectivity index (χ1) is 13.7. The molecule has 2 aromatic rings. The van der Waals surface area contributed by atoms with Gasteiger partial charge in [-0.2, -0.15) is 0 Å². The Morgan fingerprint density at radius 3 is 1.72 bits per heavy atom. The van der Waals surface area contributed by atoms with Crippen molar-refractivity contribution in [2.24, 2.45) is 0 Å². The number of benzene rings is 2. The third kappa shape index (κ3) is 4.18. The van der Waals surface area contributed by atoms with Crippen LogP contribution in [-0.2, 0) is 9.16 Å². The van der Waals surface area contributed by atoms with Crippen LogP contribution in [-0.4, -0.2) is 66.1 Å². The van der Waals surface area contributed by atoms with E-state index in [1.54, 1.807) is 0 Å². The van der Waals surface area contributed by atoms with E-state index in [4.69, 9.17) is 9.16 Å². The van der Waals surface area contributed by atoms with Gasteiger partial charge in [0.1, 0.15) is 24.4 Å². The molecular formula is C22H30O6Si. The summed E-state index contributed by atoms with van der Waals surface area (Å²) in [5.41, 5.74) is 0. The summed E-state index contributed by atoms with van der Waals surface area (Å²) in [6.07, 6.45) is -6.99. The molecule has 1 saturated heterocycles. The Balaban J connectivity index is 2.00. The van der Waals surface area contributed by atoms with Crippen LogP contribution in [0, 0.1) is 0 Å². The zero-order valence-electron chi connectivity index (χ0n) is 17.0. The summed E-state index contributed by atoms with van der Waals surface area (Å²) in [4.78, 5) is 0. The average Bonchev–Trinajstić information content (AvgIpc) is 2.71. The molecule has 0 spiro atoms. The van der Waals surface area contributed by atoms with Crippen molar-refractivity contribution in [3.8, 4) is 0 Å². The molecule has 7 heteroatoms. The van der Waals surface area contributed by atoms with Crippen LogP contribution in [0.3, 0.4) is 0 Å². The molecule has 1 unspecified atom stereocenters. The molecule has 2 aromatic carbocycles. The van der Waals surface area contributed by atoms with Gasteiger partial charge in [0.15, 0.2) is 6.29 Å². The van der Waals surface area contributed by atoms with Gasteiger partial charge < -0.3 is 29.6 Å². The summed E-state index contributed by atoms with van der Waals surface area (Å²) >= 11 is 0. The maximum Gasteiger partial charge on any atom is 0.261 e. The van der Waals surface area contributed by atoms with Crippen molar-refractivity contribution < 1.29 is 29.6 Å². The highest BCUT2D eigenvalue weighted by Gasteiger charge is 2.52. The van der Waals surface area contributed by atoms with Gasteiger partial charge in [-0.25, -0.2) is 0 Å². The standard InChI is InChI=1S/C22H30O6Si/c1-22(2,3)29(15-10-6-4-7-11-15,16-12-8-5-9-13-16)27-14-17-18(23)19(24)20(25)21(26)28-17/h4-13,17-21,23-26H,14H2,1-3H3/t17-,18-,19+,20-,21?/m1/s1. The molecule has 1 aliphatic heterocycles. The molecule has 0 saturated carbocycles. The lowest BCUT2D eigenvalue weighted by Crippen LogP contribution is -2.68. The van der Waals surface area contributed by atoms with E-state index in [2.05, 4.69) is 45.0 Å². The molecule has 1 fully saturated rings. The van der Waals surface area contributed by atoms with Gasteiger partial charge in [-0.1, -0.05) is 81.4 Å². The third-order valence-electron chi connectivity index (χ3n) is 5.57. The van der Waals surface area contributed by atoms with E-state index < -0.39 is 39.0 Å². The van der Waals surface area contributed by atoms with Crippen molar-refractivity contribution in [1.29, 1.82) is 0 Å². The Labute approximate surface area is 172 Å². The van der Waals surface area contributed by atoms with E-state index in [0.717, 1.165) is 10.4 Å². The van der Waals surface area contributed by atoms with Crippen molar-refractivity contribution >= 4 is 18.7 Å². The first kappa shape index (κ1) is 22.1. The molecule has 29 heavy (non-hydrogen) atoms. The van der Waals surface area contributed by atoms with Crippen LogP contribution in [0.25, 0.3) is 0 Å². The van der Waals surface area contributed by atoms with E-state index in [9.17, 15) is 20.4 Å². The Morgan fingerprint density at radius 1 is 0.793 bits per heavy atom. The third-order valence-corrected chi connectivity index (χ3v) is 10.6. The molecule has 1 aliphatic rings. The predicted molar refractivity (Wildman–Crippen MR) is 112 cm³/mol. The minimum absolute atomic E-state index is 0.0325. The largest absolute Gasteiger partial charge is 0.405 e. The fourth-order valence-electron chi connectivity index (χ4n) is 4.04.